The van der Waals surface area contributed by atoms with Crippen molar-refractivity contribution in [3.63, 3.8) is 0 Å². The van der Waals surface area contributed by atoms with E-state index in [1.165, 1.54) is 0 Å². The standard InChI is InChI=1S/C25H19NO2/c27-24-17-21-10-9-20(8-4-7-18-11-13-26-14-12-18)15-22(21)25(28)23(24)16-19-5-2-1-3-6-19/h1-3,5-6,9-15,17,27-28H,7,16H2. The molecule has 1 heterocycles. The van der Waals surface area contributed by atoms with E-state index in [2.05, 4.69) is 16.8 Å². The van der Waals surface area contributed by atoms with Crippen molar-refractivity contribution in [2.75, 3.05) is 0 Å². The Morgan fingerprint density at radius 1 is 0.821 bits per heavy atom. The molecule has 0 saturated heterocycles. The van der Waals surface area contributed by atoms with Crippen LogP contribution in [0.2, 0.25) is 0 Å². The van der Waals surface area contributed by atoms with E-state index < -0.39 is 0 Å². The van der Waals surface area contributed by atoms with E-state index in [1.807, 2.05) is 60.7 Å². The van der Waals surface area contributed by atoms with E-state index in [0.29, 0.717) is 23.8 Å². The van der Waals surface area contributed by atoms with Crippen LogP contribution in [-0.2, 0) is 12.8 Å². The minimum Gasteiger partial charge on any atom is -0.507 e. The van der Waals surface area contributed by atoms with Gasteiger partial charge in [0, 0.05) is 41.7 Å². The van der Waals surface area contributed by atoms with Crippen LogP contribution in [0.1, 0.15) is 22.3 Å². The molecule has 1 aromatic heterocycles. The normalized spacial score (nSPS) is 10.4. The summed E-state index contributed by atoms with van der Waals surface area (Å²) in [7, 11) is 0. The second kappa shape index (κ2) is 7.85. The molecule has 0 radical (unpaired) electrons. The highest BCUT2D eigenvalue weighted by molar-refractivity contribution is 5.92. The predicted molar refractivity (Wildman–Crippen MR) is 111 cm³/mol. The molecule has 0 amide bonds. The highest BCUT2D eigenvalue weighted by atomic mass is 16.3. The number of hydrogen-bond donors (Lipinski definition) is 2. The number of pyridine rings is 1. The van der Waals surface area contributed by atoms with Crippen LogP contribution in [0.4, 0.5) is 0 Å². The molecule has 0 spiro atoms. The maximum atomic E-state index is 10.8. The number of nitrogens with zero attached hydrogens (tertiary/aromatic N) is 1. The zero-order chi connectivity index (χ0) is 19.3. The zero-order valence-corrected chi connectivity index (χ0v) is 15.3. The number of fused-ring (bicyclic) bond motifs is 1. The lowest BCUT2D eigenvalue weighted by Crippen LogP contribution is -1.91. The van der Waals surface area contributed by atoms with Crippen molar-refractivity contribution in [2.45, 2.75) is 12.8 Å². The summed E-state index contributed by atoms with van der Waals surface area (Å²) in [5.74, 6) is 6.52. The monoisotopic (exact) mass is 365 g/mol. The van der Waals surface area contributed by atoms with Gasteiger partial charge in [-0.25, -0.2) is 0 Å². The number of phenolic OH excluding ortho intramolecular Hbond substituents is 2. The molecular formula is C25H19NO2. The predicted octanol–water partition coefficient (Wildman–Crippen LogP) is 4.83. The number of aromatic hydroxyl groups is 2. The Kier molecular flexibility index (Phi) is 4.95. The molecule has 3 heteroatoms. The van der Waals surface area contributed by atoms with E-state index in [9.17, 15) is 10.2 Å². The average Bonchev–Trinajstić information content (AvgIpc) is 2.73. The largest absolute Gasteiger partial charge is 0.507 e. The van der Waals surface area contributed by atoms with Gasteiger partial charge in [0.1, 0.15) is 11.5 Å². The fourth-order valence-electron chi connectivity index (χ4n) is 3.21. The lowest BCUT2D eigenvalue weighted by atomic mass is 9.97. The van der Waals surface area contributed by atoms with Crippen LogP contribution in [0, 0.1) is 11.8 Å². The highest BCUT2D eigenvalue weighted by Crippen LogP contribution is 2.37. The van der Waals surface area contributed by atoms with Crippen LogP contribution in [0.5, 0.6) is 11.5 Å². The van der Waals surface area contributed by atoms with Crippen LogP contribution in [-0.4, -0.2) is 15.2 Å². The van der Waals surface area contributed by atoms with Gasteiger partial charge in [0.25, 0.3) is 0 Å². The van der Waals surface area contributed by atoms with Crippen LogP contribution in [0.15, 0.2) is 79.1 Å². The molecule has 0 aliphatic carbocycles. The van der Waals surface area contributed by atoms with Gasteiger partial charge in [-0.1, -0.05) is 48.2 Å². The molecule has 0 saturated carbocycles. The van der Waals surface area contributed by atoms with Gasteiger partial charge >= 0.3 is 0 Å². The molecule has 136 valence electrons. The quantitative estimate of drug-likeness (QED) is 0.511. The number of benzene rings is 3. The maximum Gasteiger partial charge on any atom is 0.130 e. The van der Waals surface area contributed by atoms with Gasteiger partial charge in [0.15, 0.2) is 0 Å². The van der Waals surface area contributed by atoms with Gasteiger partial charge in [0.2, 0.25) is 0 Å². The second-order valence-electron chi connectivity index (χ2n) is 6.66. The van der Waals surface area contributed by atoms with Crippen molar-refractivity contribution >= 4 is 10.8 Å². The molecule has 0 aliphatic heterocycles. The Hall–Kier alpha value is -3.77. The van der Waals surface area contributed by atoms with Crippen molar-refractivity contribution in [3.8, 4) is 23.3 Å². The van der Waals surface area contributed by atoms with Crippen LogP contribution < -0.4 is 0 Å². The van der Waals surface area contributed by atoms with Crippen LogP contribution >= 0.6 is 0 Å². The minimum absolute atomic E-state index is 0.102. The summed E-state index contributed by atoms with van der Waals surface area (Å²) < 4.78 is 0. The van der Waals surface area contributed by atoms with E-state index in [4.69, 9.17) is 0 Å². The molecule has 28 heavy (non-hydrogen) atoms. The number of hydrogen-bond acceptors (Lipinski definition) is 3. The SMILES string of the molecule is Oc1cc2ccc(C#CCc3ccncc3)cc2c(O)c1Cc1ccccc1. The number of rotatable bonds is 3. The minimum atomic E-state index is 0.102. The molecule has 0 unspecified atom stereocenters. The Morgan fingerprint density at radius 3 is 2.39 bits per heavy atom. The average molecular weight is 365 g/mol. The first-order chi connectivity index (χ1) is 13.7. The molecule has 0 aliphatic rings. The van der Waals surface area contributed by atoms with Crippen molar-refractivity contribution in [2.24, 2.45) is 0 Å². The Bertz CT molecular complexity index is 1170. The molecule has 0 atom stereocenters. The lowest BCUT2D eigenvalue weighted by molar-refractivity contribution is 0.445. The molecule has 3 aromatic carbocycles. The summed E-state index contributed by atoms with van der Waals surface area (Å²) in [6, 6.07) is 21.0. The maximum absolute atomic E-state index is 10.8. The molecule has 4 rings (SSSR count). The summed E-state index contributed by atoms with van der Waals surface area (Å²) in [4.78, 5) is 4.00. The van der Waals surface area contributed by atoms with E-state index >= 15 is 0 Å². The zero-order valence-electron chi connectivity index (χ0n) is 15.3. The van der Waals surface area contributed by atoms with Gasteiger partial charge in [-0.05, 0) is 46.8 Å². The summed E-state index contributed by atoms with van der Waals surface area (Å²) in [5.41, 5.74) is 3.50. The third-order valence-electron chi connectivity index (χ3n) is 4.69. The highest BCUT2D eigenvalue weighted by Gasteiger charge is 2.13. The smallest absolute Gasteiger partial charge is 0.130 e. The van der Waals surface area contributed by atoms with E-state index in [-0.39, 0.29) is 11.5 Å². The Balaban J connectivity index is 1.67. The third kappa shape index (κ3) is 3.82. The lowest BCUT2D eigenvalue weighted by Gasteiger charge is -2.11. The van der Waals surface area contributed by atoms with Crippen molar-refractivity contribution in [1.29, 1.82) is 0 Å². The molecule has 2 N–H and O–H groups in total. The van der Waals surface area contributed by atoms with Gasteiger partial charge in [0.05, 0.1) is 0 Å². The van der Waals surface area contributed by atoms with Gasteiger partial charge in [-0.3, -0.25) is 4.98 Å². The first-order valence-corrected chi connectivity index (χ1v) is 9.10. The van der Waals surface area contributed by atoms with Crippen molar-refractivity contribution < 1.29 is 10.2 Å². The summed E-state index contributed by atoms with van der Waals surface area (Å²) in [6.45, 7) is 0. The molecule has 3 nitrogen and oxygen atoms in total. The van der Waals surface area contributed by atoms with Crippen LogP contribution in [0.3, 0.4) is 0 Å². The van der Waals surface area contributed by atoms with Crippen molar-refractivity contribution in [3.05, 3.63) is 101 Å². The molecular weight excluding hydrogens is 346 g/mol. The van der Waals surface area contributed by atoms with Gasteiger partial charge < -0.3 is 10.2 Å². The van der Waals surface area contributed by atoms with E-state index in [1.54, 1.807) is 18.5 Å². The number of aromatic nitrogens is 1. The second-order valence-corrected chi connectivity index (χ2v) is 6.66. The van der Waals surface area contributed by atoms with E-state index in [0.717, 1.165) is 22.1 Å². The van der Waals surface area contributed by atoms with Gasteiger partial charge in [-0.2, -0.15) is 0 Å². The first-order valence-electron chi connectivity index (χ1n) is 9.10. The number of phenols is 2. The van der Waals surface area contributed by atoms with Crippen molar-refractivity contribution in [1.82, 2.24) is 4.98 Å². The molecule has 4 aromatic rings. The fourth-order valence-corrected chi connectivity index (χ4v) is 3.21. The molecule has 0 fully saturated rings. The fraction of sp³-hybridized carbons (Fsp3) is 0.0800. The van der Waals surface area contributed by atoms with Gasteiger partial charge in [-0.15, -0.1) is 0 Å². The van der Waals surface area contributed by atoms with Crippen LogP contribution in [0.25, 0.3) is 10.8 Å². The Morgan fingerprint density at radius 2 is 1.61 bits per heavy atom. The summed E-state index contributed by atoms with van der Waals surface area (Å²) >= 11 is 0. The summed E-state index contributed by atoms with van der Waals surface area (Å²) in [5, 5.41) is 22.7. The summed E-state index contributed by atoms with van der Waals surface area (Å²) in [6.07, 6.45) is 4.62. The topological polar surface area (TPSA) is 53.4 Å². The first kappa shape index (κ1) is 17.6. The molecule has 0 bridgehead atoms. The third-order valence-corrected chi connectivity index (χ3v) is 4.69. The Labute approximate surface area is 163 Å².